The minimum Gasteiger partial charge on any atom is -0.310 e. The van der Waals surface area contributed by atoms with Gasteiger partial charge >= 0.3 is 0 Å². The summed E-state index contributed by atoms with van der Waals surface area (Å²) in [5.41, 5.74) is 2.18. The summed E-state index contributed by atoms with van der Waals surface area (Å²) in [6.07, 6.45) is 5.84. The Morgan fingerprint density at radius 3 is 2.88 bits per heavy atom. The van der Waals surface area contributed by atoms with Crippen LogP contribution in [0.2, 0.25) is 0 Å². The highest BCUT2D eigenvalue weighted by Crippen LogP contribution is 2.29. The van der Waals surface area contributed by atoms with Crippen molar-refractivity contribution in [1.29, 1.82) is 0 Å². The molecule has 3 heteroatoms. The lowest BCUT2D eigenvalue weighted by atomic mass is 10.1. The first kappa shape index (κ1) is 11.5. The minimum atomic E-state index is 0.0598. The van der Waals surface area contributed by atoms with Crippen molar-refractivity contribution in [3.05, 3.63) is 27.3 Å². The summed E-state index contributed by atoms with van der Waals surface area (Å²) in [6.45, 7) is 2.69. The van der Waals surface area contributed by atoms with Crippen LogP contribution in [-0.4, -0.2) is 12.5 Å². The molecule has 0 aliphatic carbocycles. The molecule has 1 amide bonds. The minimum absolute atomic E-state index is 0.0598. The third kappa shape index (κ3) is 2.07. The molecule has 16 heavy (non-hydrogen) atoms. The van der Waals surface area contributed by atoms with E-state index in [-0.39, 0.29) is 11.8 Å². The van der Waals surface area contributed by atoms with Crippen molar-refractivity contribution >= 4 is 34.2 Å². The van der Waals surface area contributed by atoms with Crippen LogP contribution in [0, 0.1) is 28.8 Å². The molecule has 1 atom stereocenters. The van der Waals surface area contributed by atoms with Crippen molar-refractivity contribution in [3.8, 4) is 12.3 Å². The third-order valence-electron chi connectivity index (χ3n) is 2.75. The molecule has 1 saturated heterocycles. The Balaban J connectivity index is 2.32. The summed E-state index contributed by atoms with van der Waals surface area (Å²) in [7, 11) is 0. The van der Waals surface area contributed by atoms with Gasteiger partial charge in [0.15, 0.2) is 0 Å². The van der Waals surface area contributed by atoms with E-state index in [0.717, 1.165) is 9.26 Å². The zero-order chi connectivity index (χ0) is 11.7. The average Bonchev–Trinajstić information content (AvgIpc) is 2.60. The number of halogens is 1. The van der Waals surface area contributed by atoms with E-state index in [2.05, 4.69) is 34.6 Å². The summed E-state index contributed by atoms with van der Waals surface area (Å²) in [5.74, 6) is 2.85. The van der Waals surface area contributed by atoms with Crippen LogP contribution in [0.1, 0.15) is 12.0 Å². The SMILES string of the molecule is C#CC1CC(=O)N(c2ccc(C)cc2I)C1. The summed E-state index contributed by atoms with van der Waals surface area (Å²) in [4.78, 5) is 13.6. The van der Waals surface area contributed by atoms with Gasteiger partial charge in [-0.25, -0.2) is 0 Å². The van der Waals surface area contributed by atoms with Crippen LogP contribution in [0.4, 0.5) is 5.69 Å². The number of nitrogens with zero attached hydrogens (tertiary/aromatic N) is 1. The lowest BCUT2D eigenvalue weighted by molar-refractivity contribution is -0.117. The van der Waals surface area contributed by atoms with E-state index in [9.17, 15) is 4.79 Å². The third-order valence-corrected chi connectivity index (χ3v) is 3.62. The number of hydrogen-bond donors (Lipinski definition) is 0. The van der Waals surface area contributed by atoms with E-state index in [0.29, 0.717) is 13.0 Å². The van der Waals surface area contributed by atoms with E-state index in [1.807, 2.05) is 19.1 Å². The van der Waals surface area contributed by atoms with Gasteiger partial charge in [0.25, 0.3) is 0 Å². The Morgan fingerprint density at radius 1 is 1.56 bits per heavy atom. The first-order chi connectivity index (χ1) is 7.61. The predicted molar refractivity (Wildman–Crippen MR) is 73.2 cm³/mol. The van der Waals surface area contributed by atoms with Crippen molar-refractivity contribution in [2.24, 2.45) is 5.92 Å². The van der Waals surface area contributed by atoms with Gasteiger partial charge < -0.3 is 4.90 Å². The van der Waals surface area contributed by atoms with Crippen LogP contribution in [0.15, 0.2) is 18.2 Å². The number of hydrogen-bond acceptors (Lipinski definition) is 1. The fourth-order valence-electron chi connectivity index (χ4n) is 1.88. The fourth-order valence-corrected chi connectivity index (χ4v) is 2.85. The number of benzene rings is 1. The van der Waals surface area contributed by atoms with Crippen molar-refractivity contribution in [3.63, 3.8) is 0 Å². The van der Waals surface area contributed by atoms with E-state index in [1.54, 1.807) is 4.90 Å². The molecule has 1 aromatic carbocycles. The van der Waals surface area contributed by atoms with Crippen LogP contribution in [0.3, 0.4) is 0 Å². The van der Waals surface area contributed by atoms with Crippen LogP contribution in [-0.2, 0) is 4.79 Å². The summed E-state index contributed by atoms with van der Waals surface area (Å²) >= 11 is 2.26. The van der Waals surface area contributed by atoms with Gasteiger partial charge in [-0.2, -0.15) is 0 Å². The quantitative estimate of drug-likeness (QED) is 0.574. The monoisotopic (exact) mass is 325 g/mol. The first-order valence-corrected chi connectivity index (χ1v) is 6.22. The molecule has 1 fully saturated rings. The van der Waals surface area contributed by atoms with Gasteiger partial charge in [-0.15, -0.1) is 12.3 Å². The molecule has 2 rings (SSSR count). The van der Waals surface area contributed by atoms with Crippen LogP contribution < -0.4 is 4.90 Å². The molecule has 1 unspecified atom stereocenters. The summed E-state index contributed by atoms with van der Waals surface area (Å²) < 4.78 is 1.10. The molecular weight excluding hydrogens is 313 g/mol. The zero-order valence-corrected chi connectivity index (χ0v) is 11.2. The van der Waals surface area contributed by atoms with Gasteiger partial charge in [0.05, 0.1) is 5.69 Å². The van der Waals surface area contributed by atoms with Crippen molar-refractivity contribution < 1.29 is 4.79 Å². The Morgan fingerprint density at radius 2 is 2.31 bits per heavy atom. The van der Waals surface area contributed by atoms with E-state index in [4.69, 9.17) is 6.42 Å². The number of carbonyl (C=O) groups excluding carboxylic acids is 1. The normalized spacial score (nSPS) is 19.9. The fraction of sp³-hybridized carbons (Fsp3) is 0.308. The molecule has 1 aliphatic rings. The van der Waals surface area contributed by atoms with Gasteiger partial charge in [-0.1, -0.05) is 6.07 Å². The standard InChI is InChI=1S/C13H12INO/c1-3-10-7-13(16)15(8-10)12-5-4-9(2)6-11(12)14/h1,4-6,10H,7-8H2,2H3. The van der Waals surface area contributed by atoms with Crippen molar-refractivity contribution in [2.45, 2.75) is 13.3 Å². The second kappa shape index (κ2) is 4.46. The molecule has 0 aromatic heterocycles. The Labute approximate surface area is 109 Å². The molecule has 0 bridgehead atoms. The second-order valence-corrected chi connectivity index (χ2v) is 5.19. The predicted octanol–water partition coefficient (Wildman–Crippen LogP) is 2.59. The molecule has 1 aliphatic heterocycles. The van der Waals surface area contributed by atoms with Gasteiger partial charge in [0.1, 0.15) is 0 Å². The number of aryl methyl sites for hydroxylation is 1. The molecule has 1 heterocycles. The van der Waals surface area contributed by atoms with E-state index in [1.165, 1.54) is 5.56 Å². The first-order valence-electron chi connectivity index (χ1n) is 5.14. The summed E-state index contributed by atoms with van der Waals surface area (Å²) in [5, 5.41) is 0. The number of amides is 1. The highest BCUT2D eigenvalue weighted by atomic mass is 127. The Kier molecular flexibility index (Phi) is 3.20. The number of anilines is 1. The van der Waals surface area contributed by atoms with Crippen LogP contribution >= 0.6 is 22.6 Å². The van der Waals surface area contributed by atoms with E-state index < -0.39 is 0 Å². The smallest absolute Gasteiger partial charge is 0.228 e. The Bertz CT molecular complexity index is 475. The summed E-state index contributed by atoms with van der Waals surface area (Å²) in [6, 6.07) is 6.09. The number of terminal acetylenes is 1. The Hall–Kier alpha value is -1.02. The highest BCUT2D eigenvalue weighted by molar-refractivity contribution is 14.1. The topological polar surface area (TPSA) is 20.3 Å². The molecule has 0 saturated carbocycles. The van der Waals surface area contributed by atoms with Crippen LogP contribution in [0.25, 0.3) is 0 Å². The number of carbonyl (C=O) groups is 1. The van der Waals surface area contributed by atoms with E-state index >= 15 is 0 Å². The molecule has 2 nitrogen and oxygen atoms in total. The van der Waals surface area contributed by atoms with Gasteiger partial charge in [0.2, 0.25) is 5.91 Å². The van der Waals surface area contributed by atoms with Crippen LogP contribution in [0.5, 0.6) is 0 Å². The molecule has 82 valence electrons. The molecular formula is C13H12INO. The molecule has 0 spiro atoms. The van der Waals surface area contributed by atoms with Crippen molar-refractivity contribution in [1.82, 2.24) is 0 Å². The molecule has 0 N–H and O–H groups in total. The number of rotatable bonds is 1. The van der Waals surface area contributed by atoms with Gasteiger partial charge in [0, 0.05) is 22.5 Å². The second-order valence-electron chi connectivity index (χ2n) is 4.03. The van der Waals surface area contributed by atoms with Gasteiger partial charge in [-0.05, 0) is 47.2 Å². The van der Waals surface area contributed by atoms with Gasteiger partial charge in [-0.3, -0.25) is 4.79 Å². The largest absolute Gasteiger partial charge is 0.310 e. The average molecular weight is 325 g/mol. The maximum absolute atomic E-state index is 11.8. The lowest BCUT2D eigenvalue weighted by Gasteiger charge is -2.18. The molecule has 0 radical (unpaired) electrons. The molecule has 1 aromatic rings. The van der Waals surface area contributed by atoms with Crippen molar-refractivity contribution in [2.75, 3.05) is 11.4 Å². The zero-order valence-electron chi connectivity index (χ0n) is 9.03. The maximum atomic E-state index is 11.8. The highest BCUT2D eigenvalue weighted by Gasteiger charge is 2.30. The lowest BCUT2D eigenvalue weighted by Crippen LogP contribution is -2.25. The maximum Gasteiger partial charge on any atom is 0.228 e.